The van der Waals surface area contributed by atoms with Crippen LogP contribution in [0.3, 0.4) is 0 Å². The van der Waals surface area contributed by atoms with Crippen molar-refractivity contribution in [1.82, 2.24) is 0 Å². The Morgan fingerprint density at radius 1 is 1.00 bits per heavy atom. The van der Waals surface area contributed by atoms with Crippen molar-refractivity contribution in [2.75, 3.05) is 16.7 Å². The summed E-state index contributed by atoms with van der Waals surface area (Å²) in [5.41, 5.74) is 2.20. The summed E-state index contributed by atoms with van der Waals surface area (Å²) in [7, 11) is -2.19. The normalized spacial score (nSPS) is 14.5. The van der Waals surface area contributed by atoms with E-state index in [-0.39, 0.29) is 10.8 Å². The molecule has 1 N–H and O–H groups in total. The van der Waals surface area contributed by atoms with Crippen molar-refractivity contribution in [1.29, 1.82) is 0 Å². The number of sulfonamides is 1. The van der Waals surface area contributed by atoms with Gasteiger partial charge in [-0.15, -0.1) is 0 Å². The molecule has 0 aromatic heterocycles. The first kappa shape index (κ1) is 19.2. The van der Waals surface area contributed by atoms with E-state index in [9.17, 15) is 13.2 Å². The summed E-state index contributed by atoms with van der Waals surface area (Å²) in [4.78, 5) is 12.4. The van der Waals surface area contributed by atoms with Gasteiger partial charge in [0.2, 0.25) is 5.91 Å². The van der Waals surface area contributed by atoms with Gasteiger partial charge in [0.15, 0.2) is 0 Å². The number of para-hydroxylation sites is 1. The van der Waals surface area contributed by atoms with E-state index in [1.54, 1.807) is 42.5 Å². The summed E-state index contributed by atoms with van der Waals surface area (Å²) in [6.45, 7) is 0. The highest BCUT2D eigenvalue weighted by Gasteiger charge is 2.21. The summed E-state index contributed by atoms with van der Waals surface area (Å²) in [6.07, 6.45) is 7.04. The summed E-state index contributed by atoms with van der Waals surface area (Å²) in [5.74, 6) is -0.210. The van der Waals surface area contributed by atoms with Gasteiger partial charge in [0.05, 0.1) is 10.6 Å². The summed E-state index contributed by atoms with van der Waals surface area (Å²) >= 11 is 0. The molecule has 1 saturated carbocycles. The fourth-order valence-electron chi connectivity index (χ4n) is 3.18. The highest BCUT2D eigenvalue weighted by Crippen LogP contribution is 2.25. The van der Waals surface area contributed by atoms with Crippen LogP contribution in [0.4, 0.5) is 11.4 Å². The molecule has 0 saturated heterocycles. The van der Waals surface area contributed by atoms with Crippen LogP contribution in [0.2, 0.25) is 0 Å². The van der Waals surface area contributed by atoms with E-state index in [0.29, 0.717) is 11.4 Å². The van der Waals surface area contributed by atoms with Crippen molar-refractivity contribution >= 4 is 27.3 Å². The zero-order valence-corrected chi connectivity index (χ0v) is 16.2. The quantitative estimate of drug-likeness (QED) is 0.780. The number of rotatable bonds is 5. The van der Waals surface area contributed by atoms with E-state index >= 15 is 0 Å². The molecule has 0 atom stereocenters. The topological polar surface area (TPSA) is 66.5 Å². The smallest absolute Gasteiger partial charge is 0.264 e. The molecule has 27 heavy (non-hydrogen) atoms. The number of hydrogen-bond acceptors (Lipinski definition) is 3. The Balaban J connectivity index is 1.77. The third-order valence-electron chi connectivity index (χ3n) is 4.71. The minimum Gasteiger partial charge on any atom is -0.322 e. The van der Waals surface area contributed by atoms with Gasteiger partial charge in [-0.2, -0.15) is 0 Å². The Bertz CT molecular complexity index is 929. The van der Waals surface area contributed by atoms with E-state index in [1.165, 1.54) is 29.9 Å². The number of nitrogens with zero attached hydrogens (tertiary/aromatic N) is 1. The summed E-state index contributed by atoms with van der Waals surface area (Å²) < 4.78 is 27.0. The van der Waals surface area contributed by atoms with Gasteiger partial charge in [-0.1, -0.05) is 36.3 Å². The van der Waals surface area contributed by atoms with Gasteiger partial charge in [-0.3, -0.25) is 9.10 Å². The van der Waals surface area contributed by atoms with Crippen molar-refractivity contribution < 1.29 is 13.2 Å². The van der Waals surface area contributed by atoms with E-state index in [2.05, 4.69) is 5.32 Å². The molecule has 3 rings (SSSR count). The van der Waals surface area contributed by atoms with Gasteiger partial charge in [-0.25, -0.2) is 8.42 Å². The summed E-state index contributed by atoms with van der Waals surface area (Å²) in [5, 5.41) is 2.78. The van der Waals surface area contributed by atoms with Crippen LogP contribution in [0.25, 0.3) is 0 Å². The van der Waals surface area contributed by atoms with Crippen molar-refractivity contribution in [3.63, 3.8) is 0 Å². The van der Waals surface area contributed by atoms with Crippen LogP contribution in [0.15, 0.2) is 71.1 Å². The Hall–Kier alpha value is -2.60. The largest absolute Gasteiger partial charge is 0.322 e. The lowest BCUT2D eigenvalue weighted by Gasteiger charge is -2.20. The van der Waals surface area contributed by atoms with Crippen molar-refractivity contribution in [2.24, 2.45) is 0 Å². The molecule has 142 valence electrons. The monoisotopic (exact) mass is 384 g/mol. The molecule has 1 aliphatic carbocycles. The van der Waals surface area contributed by atoms with Gasteiger partial charge >= 0.3 is 0 Å². The second-order valence-electron chi connectivity index (χ2n) is 6.69. The Morgan fingerprint density at radius 2 is 1.70 bits per heavy atom. The number of hydrogen-bond donors (Lipinski definition) is 1. The van der Waals surface area contributed by atoms with E-state index < -0.39 is 10.0 Å². The van der Waals surface area contributed by atoms with Crippen molar-refractivity contribution in [2.45, 2.75) is 37.0 Å². The average Bonchev–Trinajstić information content (AvgIpc) is 2.69. The van der Waals surface area contributed by atoms with Crippen molar-refractivity contribution in [3.8, 4) is 0 Å². The van der Waals surface area contributed by atoms with Gasteiger partial charge in [0.25, 0.3) is 10.0 Å². The maximum absolute atomic E-state index is 12.9. The Kier molecular flexibility index (Phi) is 5.96. The lowest BCUT2D eigenvalue weighted by molar-refractivity contribution is -0.112. The number of nitrogens with one attached hydrogen (secondary N) is 1. The third kappa shape index (κ3) is 4.77. The maximum atomic E-state index is 12.9. The van der Waals surface area contributed by atoms with Crippen LogP contribution in [0.1, 0.15) is 32.1 Å². The molecule has 1 aliphatic rings. The Labute approximate surface area is 160 Å². The van der Waals surface area contributed by atoms with Gasteiger partial charge < -0.3 is 5.32 Å². The zero-order valence-electron chi connectivity index (χ0n) is 15.4. The van der Waals surface area contributed by atoms with Gasteiger partial charge in [-0.05, 0) is 56.0 Å². The number of benzene rings is 2. The molecular formula is C21H24N2O3S. The molecule has 0 radical (unpaired) electrons. The molecule has 0 heterocycles. The summed E-state index contributed by atoms with van der Waals surface area (Å²) in [6, 6.07) is 15.2. The number of carbonyl (C=O) groups excluding carboxylic acids is 1. The van der Waals surface area contributed by atoms with Crippen LogP contribution in [0, 0.1) is 0 Å². The molecular weight excluding hydrogens is 360 g/mol. The first-order valence-electron chi connectivity index (χ1n) is 9.11. The number of amides is 1. The molecule has 6 heteroatoms. The zero-order chi connectivity index (χ0) is 19.3. The number of anilines is 2. The standard InChI is InChI=1S/C21H24N2O3S/c1-23(19-12-6-3-7-13-19)27(25,26)20-14-8-11-18(16-20)22-21(24)15-17-9-4-2-5-10-17/h3,6-8,11-16H,2,4-5,9-10H2,1H3,(H,22,24). The molecule has 1 fully saturated rings. The predicted molar refractivity (Wildman–Crippen MR) is 108 cm³/mol. The molecule has 0 unspecified atom stereocenters. The van der Waals surface area contributed by atoms with E-state index in [1.807, 2.05) is 6.07 Å². The molecule has 0 bridgehead atoms. The number of carbonyl (C=O) groups is 1. The first-order valence-corrected chi connectivity index (χ1v) is 10.6. The second kappa shape index (κ2) is 8.39. The fourth-order valence-corrected chi connectivity index (χ4v) is 4.43. The molecule has 2 aromatic rings. The molecule has 2 aromatic carbocycles. The van der Waals surface area contributed by atoms with Crippen LogP contribution < -0.4 is 9.62 Å². The first-order chi connectivity index (χ1) is 13.0. The molecule has 0 spiro atoms. The van der Waals surface area contributed by atoms with Crippen LogP contribution in [-0.4, -0.2) is 21.4 Å². The maximum Gasteiger partial charge on any atom is 0.264 e. The lowest BCUT2D eigenvalue weighted by Crippen LogP contribution is -2.26. The van der Waals surface area contributed by atoms with Crippen LogP contribution in [0.5, 0.6) is 0 Å². The predicted octanol–water partition coefficient (Wildman–Crippen LogP) is 4.34. The van der Waals surface area contributed by atoms with Crippen molar-refractivity contribution in [3.05, 3.63) is 66.2 Å². The third-order valence-corrected chi connectivity index (χ3v) is 6.49. The van der Waals surface area contributed by atoms with Crippen LogP contribution >= 0.6 is 0 Å². The fraction of sp³-hybridized carbons (Fsp3) is 0.286. The Morgan fingerprint density at radius 3 is 2.41 bits per heavy atom. The lowest BCUT2D eigenvalue weighted by atomic mass is 9.94. The average molecular weight is 385 g/mol. The molecule has 5 nitrogen and oxygen atoms in total. The SMILES string of the molecule is CN(c1ccccc1)S(=O)(=O)c1cccc(NC(=O)C=C2CCCCC2)c1. The minimum absolute atomic E-state index is 0.136. The van der Waals surface area contributed by atoms with Gasteiger partial charge in [0.1, 0.15) is 0 Å². The van der Waals surface area contributed by atoms with Crippen LogP contribution in [-0.2, 0) is 14.8 Å². The molecule has 0 aliphatic heterocycles. The van der Waals surface area contributed by atoms with E-state index in [0.717, 1.165) is 31.3 Å². The molecule has 1 amide bonds. The van der Waals surface area contributed by atoms with E-state index in [4.69, 9.17) is 0 Å². The van der Waals surface area contributed by atoms with Gasteiger partial charge in [0, 0.05) is 18.8 Å². The second-order valence-corrected chi connectivity index (χ2v) is 8.66. The number of allylic oxidation sites excluding steroid dienone is 1. The minimum atomic E-state index is -3.71. The highest BCUT2D eigenvalue weighted by molar-refractivity contribution is 7.92. The highest BCUT2D eigenvalue weighted by atomic mass is 32.2.